The molecule has 0 radical (unpaired) electrons. The third-order valence-corrected chi connectivity index (χ3v) is 9.90. The quantitative estimate of drug-likeness (QED) is 0.106. The molecule has 276 valence electrons. The first kappa shape index (κ1) is 40.4. The number of allylic oxidation sites excluding steroid dienone is 17. The minimum absolute atomic E-state index is 0.890. The Kier molecular flexibility index (Phi) is 14.1. The van der Waals surface area contributed by atoms with E-state index in [0.29, 0.717) is 0 Å². The molecule has 0 atom stereocenters. The second-order valence-corrected chi connectivity index (χ2v) is 13.7. The summed E-state index contributed by atoms with van der Waals surface area (Å²) in [6.07, 6.45) is 25.9. The van der Waals surface area contributed by atoms with E-state index in [1.54, 1.807) is 18.2 Å². The molecule has 0 saturated heterocycles. The fourth-order valence-electron chi connectivity index (χ4n) is 7.02. The third-order valence-electron chi connectivity index (χ3n) is 9.90. The van der Waals surface area contributed by atoms with E-state index < -0.39 is 0 Å². The Morgan fingerprint density at radius 2 is 1.05 bits per heavy atom. The van der Waals surface area contributed by atoms with Gasteiger partial charge in [-0.15, -0.1) is 0 Å². The minimum Gasteiger partial charge on any atom is -0.0991 e. The molecule has 0 heteroatoms. The van der Waals surface area contributed by atoms with Crippen LogP contribution in [0.5, 0.6) is 0 Å². The van der Waals surface area contributed by atoms with Gasteiger partial charge >= 0.3 is 0 Å². The van der Waals surface area contributed by atoms with Gasteiger partial charge in [0.2, 0.25) is 0 Å². The summed E-state index contributed by atoms with van der Waals surface area (Å²) in [4.78, 5) is 0. The summed E-state index contributed by atoms with van der Waals surface area (Å²) >= 11 is 0. The van der Waals surface area contributed by atoms with Crippen LogP contribution in [-0.4, -0.2) is 0 Å². The summed E-state index contributed by atoms with van der Waals surface area (Å²) in [5, 5.41) is 4.39. The van der Waals surface area contributed by atoms with Crippen molar-refractivity contribution in [3.8, 4) is 22.3 Å². The van der Waals surface area contributed by atoms with Gasteiger partial charge in [-0.05, 0) is 128 Å². The van der Waals surface area contributed by atoms with E-state index in [0.717, 1.165) is 82.8 Å². The van der Waals surface area contributed by atoms with Crippen LogP contribution in [0.25, 0.3) is 60.5 Å². The summed E-state index contributed by atoms with van der Waals surface area (Å²) in [6.45, 7) is 30.0. The Morgan fingerprint density at radius 3 is 1.66 bits per heavy atom. The fourth-order valence-corrected chi connectivity index (χ4v) is 7.02. The van der Waals surface area contributed by atoms with Gasteiger partial charge in [0, 0.05) is 0 Å². The van der Waals surface area contributed by atoms with E-state index in [1.165, 1.54) is 11.1 Å². The van der Waals surface area contributed by atoms with Gasteiger partial charge in [0.15, 0.2) is 0 Å². The average Bonchev–Trinajstić information content (AvgIpc) is 3.21. The predicted molar refractivity (Wildman–Crippen MR) is 252 cm³/mol. The lowest BCUT2D eigenvalue weighted by atomic mass is 9.80. The van der Waals surface area contributed by atoms with Gasteiger partial charge in [0.25, 0.3) is 0 Å². The van der Waals surface area contributed by atoms with Gasteiger partial charge in [-0.25, -0.2) is 0 Å². The molecular weight excluding hydrogens is 673 g/mol. The van der Waals surface area contributed by atoms with Crippen molar-refractivity contribution in [1.29, 1.82) is 0 Å². The van der Waals surface area contributed by atoms with Crippen LogP contribution in [0.15, 0.2) is 221 Å². The maximum atomic E-state index is 4.76. The summed E-state index contributed by atoms with van der Waals surface area (Å²) in [7, 11) is 0. The molecule has 0 fully saturated rings. The monoisotopic (exact) mass is 724 g/mol. The van der Waals surface area contributed by atoms with Crippen LogP contribution in [0.4, 0.5) is 0 Å². The molecule has 0 aliphatic heterocycles. The van der Waals surface area contributed by atoms with Crippen molar-refractivity contribution < 1.29 is 0 Å². The largest absolute Gasteiger partial charge is 0.0991 e. The molecule has 0 aliphatic carbocycles. The van der Waals surface area contributed by atoms with Crippen molar-refractivity contribution in [3.63, 3.8) is 0 Å². The van der Waals surface area contributed by atoms with E-state index in [4.69, 9.17) is 13.2 Å². The summed E-state index contributed by atoms with van der Waals surface area (Å²) < 4.78 is 0. The molecule has 0 nitrogen and oxygen atoms in total. The van der Waals surface area contributed by atoms with E-state index in [9.17, 15) is 0 Å². The van der Waals surface area contributed by atoms with Crippen LogP contribution in [0.1, 0.15) is 41.7 Å². The SMILES string of the molecule is C=CC=CC=CC(=CC)C=C(C)c1ccccccc(-c2cccc(-c3ccccc3)c2)c2c(C(=C)C=CC=C)c3cc(C)c(C)cc3c(C(=C)C=CC=C)c12. The first-order chi connectivity index (χ1) is 27.2. The van der Waals surface area contributed by atoms with Crippen molar-refractivity contribution in [2.45, 2.75) is 27.7 Å². The van der Waals surface area contributed by atoms with E-state index in [2.05, 4.69) is 181 Å². The second-order valence-electron chi connectivity index (χ2n) is 13.7. The zero-order valence-electron chi connectivity index (χ0n) is 33.4. The highest BCUT2D eigenvalue weighted by atomic mass is 14.2. The normalized spacial score (nSPS) is 12.2. The summed E-state index contributed by atoms with van der Waals surface area (Å²) in [5.41, 5.74) is 14.1. The molecule has 0 spiro atoms. The fraction of sp³-hybridized carbons (Fsp3) is 0.0714. The van der Waals surface area contributed by atoms with Gasteiger partial charge in [-0.2, -0.15) is 0 Å². The number of benzene rings is 4. The zero-order valence-corrected chi connectivity index (χ0v) is 33.4. The summed E-state index contributed by atoms with van der Waals surface area (Å²) in [6, 6.07) is 37.0. The van der Waals surface area contributed by atoms with Gasteiger partial charge in [0.1, 0.15) is 0 Å². The van der Waals surface area contributed by atoms with Crippen LogP contribution in [0, 0.1) is 13.8 Å². The number of hydrogen-bond donors (Lipinski definition) is 0. The highest BCUT2D eigenvalue weighted by Gasteiger charge is 2.22. The number of fused-ring (bicyclic) bond motifs is 2. The molecule has 0 heterocycles. The molecule has 0 amide bonds. The van der Waals surface area contributed by atoms with Crippen LogP contribution >= 0.6 is 0 Å². The first-order valence-corrected chi connectivity index (χ1v) is 19.0. The molecule has 5 rings (SSSR count). The average molecular weight is 725 g/mol. The third kappa shape index (κ3) is 9.30. The number of aryl methyl sites for hydroxylation is 2. The van der Waals surface area contributed by atoms with Crippen molar-refractivity contribution in [1.82, 2.24) is 0 Å². The van der Waals surface area contributed by atoms with Crippen LogP contribution in [0.3, 0.4) is 0 Å². The molecule has 5 aromatic carbocycles. The smallest absolute Gasteiger partial charge is 0.000820 e. The van der Waals surface area contributed by atoms with Gasteiger partial charge in [-0.1, -0.05) is 209 Å². The first-order valence-electron chi connectivity index (χ1n) is 19.0. The number of hydrogen-bond acceptors (Lipinski definition) is 0. The maximum Gasteiger partial charge on any atom is -0.000820 e. The Morgan fingerprint density at radius 1 is 0.518 bits per heavy atom. The second kappa shape index (κ2) is 19.5. The topological polar surface area (TPSA) is 0 Å². The van der Waals surface area contributed by atoms with Gasteiger partial charge < -0.3 is 0 Å². The van der Waals surface area contributed by atoms with Crippen LogP contribution in [-0.2, 0) is 0 Å². The Bertz CT molecular complexity index is 2570. The molecule has 5 aromatic rings. The molecule has 0 saturated carbocycles. The molecule has 0 aliphatic rings. The van der Waals surface area contributed by atoms with Crippen molar-refractivity contribution in [3.05, 3.63) is 248 Å². The lowest BCUT2D eigenvalue weighted by Gasteiger charge is -2.23. The van der Waals surface area contributed by atoms with Crippen molar-refractivity contribution >= 4 is 38.3 Å². The van der Waals surface area contributed by atoms with E-state index in [-0.39, 0.29) is 0 Å². The van der Waals surface area contributed by atoms with Crippen LogP contribution in [0.2, 0.25) is 0 Å². The number of rotatable bonds is 13. The predicted octanol–water partition coefficient (Wildman–Crippen LogP) is 16.2. The molecule has 0 N–H and O–H groups in total. The Balaban J connectivity index is 2.17. The highest BCUT2D eigenvalue weighted by molar-refractivity contribution is 6.22. The highest BCUT2D eigenvalue weighted by Crippen LogP contribution is 2.46. The van der Waals surface area contributed by atoms with Gasteiger partial charge in [0.05, 0.1) is 0 Å². The molecule has 56 heavy (non-hydrogen) atoms. The maximum absolute atomic E-state index is 4.76. The standard InChI is InChI=1S/C56H52/c1-10-14-17-21-29-45(13-4)36-44(9)49-34-24-18-19-25-35-50(48-33-26-32-47(39-48)46-30-22-20-23-31-46)56-54(41(6)28-16-12-3)52-38-43(8)42(7)37-51(52)53(55(49)56)40(5)27-15-11-2/h10-39H,1-3,5-6H2,4,7-9H3. The Labute approximate surface area is 335 Å². The Hall–Kier alpha value is -6.76. The lowest BCUT2D eigenvalue weighted by molar-refractivity contribution is 1.36. The van der Waals surface area contributed by atoms with Crippen molar-refractivity contribution in [2.75, 3.05) is 0 Å². The molecule has 0 aromatic heterocycles. The van der Waals surface area contributed by atoms with E-state index in [1.807, 2.05) is 30.4 Å². The lowest BCUT2D eigenvalue weighted by Crippen LogP contribution is -1.99. The summed E-state index contributed by atoms with van der Waals surface area (Å²) in [5.74, 6) is 0. The molecule has 0 bridgehead atoms. The minimum atomic E-state index is 0.890. The van der Waals surface area contributed by atoms with Crippen molar-refractivity contribution in [2.24, 2.45) is 0 Å². The van der Waals surface area contributed by atoms with Crippen LogP contribution < -0.4 is 0 Å². The zero-order chi connectivity index (χ0) is 40.0. The molecule has 0 unspecified atom stereocenters. The molecular formula is C56H52. The van der Waals surface area contributed by atoms with E-state index >= 15 is 0 Å². The van der Waals surface area contributed by atoms with Gasteiger partial charge in [-0.3, -0.25) is 0 Å².